The maximum atomic E-state index is 11.3. The Morgan fingerprint density at radius 3 is 2.70 bits per heavy atom. The molecule has 7 heteroatoms. The van der Waals surface area contributed by atoms with Gasteiger partial charge in [0.25, 0.3) is 0 Å². The third kappa shape index (κ3) is 5.91. The number of guanidine groups is 1. The molecule has 2 amide bonds. The average Bonchev–Trinajstić information content (AvgIpc) is 3.17. The number of amides is 2. The van der Waals surface area contributed by atoms with E-state index in [0.717, 1.165) is 31.0 Å². The summed E-state index contributed by atoms with van der Waals surface area (Å²) in [5, 5.41) is 7.26. The van der Waals surface area contributed by atoms with Gasteiger partial charge in [-0.15, -0.1) is 0 Å². The third-order valence-electron chi connectivity index (χ3n) is 5.79. The van der Waals surface area contributed by atoms with Gasteiger partial charge in [0.1, 0.15) is 5.76 Å². The van der Waals surface area contributed by atoms with Crippen LogP contribution < -0.4 is 16.4 Å². The van der Waals surface area contributed by atoms with Crippen molar-refractivity contribution in [2.45, 2.75) is 64.0 Å². The number of nitrogens with zero attached hydrogens (tertiary/aromatic N) is 2. The normalized spacial score (nSPS) is 24.6. The molecular formula is C20H33N5O2. The first-order valence-electron chi connectivity index (χ1n) is 10.3. The maximum absolute atomic E-state index is 11.3. The van der Waals surface area contributed by atoms with E-state index < -0.39 is 0 Å². The molecule has 3 rings (SSSR count). The van der Waals surface area contributed by atoms with Crippen molar-refractivity contribution in [3.63, 3.8) is 0 Å². The number of nitrogens with two attached hydrogens (primary N) is 1. The molecule has 2 heterocycles. The molecule has 0 aromatic carbocycles. The minimum absolute atomic E-state index is 0.314. The Morgan fingerprint density at radius 2 is 2.04 bits per heavy atom. The molecule has 2 aliphatic rings. The van der Waals surface area contributed by atoms with Gasteiger partial charge in [-0.05, 0) is 43.7 Å². The molecule has 1 aromatic rings. The Bertz CT molecular complexity index is 608. The second-order valence-electron chi connectivity index (χ2n) is 7.82. The van der Waals surface area contributed by atoms with Crippen molar-refractivity contribution in [3.05, 3.63) is 24.2 Å². The standard InChI is InChI=1S/C20H33N5O2/c1-15-5-2-3-7-18(15)24-20(22-11-8-17-6-4-14-27-17)23-16-9-12-25(13-10-16)19(21)26/h4,6,14-16,18H,2-3,5,7-13H2,1H3,(H2,21,26)(H2,22,23,24). The summed E-state index contributed by atoms with van der Waals surface area (Å²) in [4.78, 5) is 17.8. The van der Waals surface area contributed by atoms with Gasteiger partial charge in [-0.2, -0.15) is 0 Å². The predicted octanol–water partition coefficient (Wildman–Crippen LogP) is 2.48. The minimum atomic E-state index is -0.324. The summed E-state index contributed by atoms with van der Waals surface area (Å²) in [7, 11) is 0. The summed E-state index contributed by atoms with van der Waals surface area (Å²) in [6.07, 6.45) is 9.34. The molecule has 1 aliphatic carbocycles. The lowest BCUT2D eigenvalue weighted by molar-refractivity contribution is 0.188. The highest BCUT2D eigenvalue weighted by atomic mass is 16.3. The molecule has 2 unspecified atom stereocenters. The number of likely N-dealkylation sites (tertiary alicyclic amines) is 1. The first kappa shape index (κ1) is 19.6. The lowest BCUT2D eigenvalue weighted by Gasteiger charge is -2.35. The van der Waals surface area contributed by atoms with Crippen LogP contribution in [0.2, 0.25) is 0 Å². The van der Waals surface area contributed by atoms with E-state index in [9.17, 15) is 4.79 Å². The second-order valence-corrected chi connectivity index (χ2v) is 7.82. The molecule has 1 aromatic heterocycles. The Kier molecular flexibility index (Phi) is 7.01. The number of urea groups is 1. The van der Waals surface area contributed by atoms with E-state index in [1.165, 1.54) is 25.7 Å². The summed E-state index contributed by atoms with van der Waals surface area (Å²) in [6.45, 7) is 4.41. The lowest BCUT2D eigenvalue weighted by atomic mass is 9.86. The number of carbonyl (C=O) groups is 1. The van der Waals surface area contributed by atoms with Gasteiger partial charge in [-0.1, -0.05) is 19.8 Å². The molecule has 2 fully saturated rings. The molecule has 150 valence electrons. The number of hydrogen-bond donors (Lipinski definition) is 3. The fourth-order valence-electron chi connectivity index (χ4n) is 4.01. The summed E-state index contributed by atoms with van der Waals surface area (Å²) in [6, 6.07) is 4.36. The highest BCUT2D eigenvalue weighted by molar-refractivity contribution is 5.80. The number of piperidine rings is 1. The van der Waals surface area contributed by atoms with Crippen molar-refractivity contribution in [2.75, 3.05) is 19.6 Å². The van der Waals surface area contributed by atoms with Gasteiger partial charge in [-0.25, -0.2) is 4.79 Å². The average molecular weight is 376 g/mol. The number of primary amides is 1. The van der Waals surface area contributed by atoms with Crippen LogP contribution in [-0.4, -0.2) is 48.6 Å². The van der Waals surface area contributed by atoms with Crippen molar-refractivity contribution >= 4 is 12.0 Å². The van der Waals surface area contributed by atoms with E-state index in [1.54, 1.807) is 11.2 Å². The van der Waals surface area contributed by atoms with E-state index in [2.05, 4.69) is 17.6 Å². The molecule has 1 saturated heterocycles. The van der Waals surface area contributed by atoms with E-state index in [-0.39, 0.29) is 6.03 Å². The zero-order valence-corrected chi connectivity index (χ0v) is 16.3. The van der Waals surface area contributed by atoms with Crippen LogP contribution in [0.1, 0.15) is 51.2 Å². The Morgan fingerprint density at radius 1 is 1.26 bits per heavy atom. The Balaban J connectivity index is 1.57. The third-order valence-corrected chi connectivity index (χ3v) is 5.79. The molecule has 0 spiro atoms. The smallest absolute Gasteiger partial charge is 0.314 e. The first-order valence-corrected chi connectivity index (χ1v) is 10.3. The highest BCUT2D eigenvalue weighted by Gasteiger charge is 2.25. The van der Waals surface area contributed by atoms with Crippen molar-refractivity contribution in [1.29, 1.82) is 0 Å². The van der Waals surface area contributed by atoms with Crippen molar-refractivity contribution < 1.29 is 9.21 Å². The molecule has 0 radical (unpaired) electrons. The Hall–Kier alpha value is -2.18. The topological polar surface area (TPSA) is 95.9 Å². The number of carbonyl (C=O) groups excluding carboxylic acids is 1. The minimum Gasteiger partial charge on any atom is -0.469 e. The maximum Gasteiger partial charge on any atom is 0.314 e. The van der Waals surface area contributed by atoms with E-state index in [4.69, 9.17) is 15.1 Å². The summed E-state index contributed by atoms with van der Waals surface area (Å²) >= 11 is 0. The van der Waals surface area contributed by atoms with Crippen molar-refractivity contribution in [3.8, 4) is 0 Å². The largest absolute Gasteiger partial charge is 0.469 e. The van der Waals surface area contributed by atoms with Crippen molar-refractivity contribution in [2.24, 2.45) is 16.6 Å². The monoisotopic (exact) mass is 375 g/mol. The molecular weight excluding hydrogens is 342 g/mol. The lowest BCUT2D eigenvalue weighted by Crippen LogP contribution is -2.53. The van der Waals surface area contributed by atoms with Crippen LogP contribution in [-0.2, 0) is 6.42 Å². The van der Waals surface area contributed by atoms with Gasteiger partial charge in [0, 0.05) is 38.1 Å². The fourth-order valence-corrected chi connectivity index (χ4v) is 4.01. The van der Waals surface area contributed by atoms with Gasteiger partial charge in [0.05, 0.1) is 6.26 Å². The summed E-state index contributed by atoms with van der Waals surface area (Å²) in [5.74, 6) is 2.50. The molecule has 2 atom stereocenters. The quantitative estimate of drug-likeness (QED) is 0.544. The van der Waals surface area contributed by atoms with E-state index >= 15 is 0 Å². The van der Waals surface area contributed by atoms with Crippen LogP contribution in [0.5, 0.6) is 0 Å². The molecule has 27 heavy (non-hydrogen) atoms. The SMILES string of the molecule is CC1CCCCC1NC(=NCCc1ccco1)NC1CCN(C(N)=O)CC1. The number of furan rings is 1. The highest BCUT2D eigenvalue weighted by Crippen LogP contribution is 2.23. The predicted molar refractivity (Wildman–Crippen MR) is 107 cm³/mol. The van der Waals surface area contributed by atoms with E-state index in [1.807, 2.05) is 12.1 Å². The van der Waals surface area contributed by atoms with Crippen LogP contribution >= 0.6 is 0 Å². The van der Waals surface area contributed by atoms with Crippen LogP contribution in [0.25, 0.3) is 0 Å². The van der Waals surface area contributed by atoms with Crippen LogP contribution in [0, 0.1) is 5.92 Å². The van der Waals surface area contributed by atoms with Crippen LogP contribution in [0.3, 0.4) is 0 Å². The van der Waals surface area contributed by atoms with Gasteiger partial charge in [0.15, 0.2) is 5.96 Å². The summed E-state index contributed by atoms with van der Waals surface area (Å²) < 4.78 is 5.41. The number of aliphatic imine (C=N–C) groups is 1. The van der Waals surface area contributed by atoms with Gasteiger partial charge in [0.2, 0.25) is 0 Å². The zero-order valence-electron chi connectivity index (χ0n) is 16.3. The molecule has 1 aliphatic heterocycles. The number of nitrogens with one attached hydrogen (secondary N) is 2. The van der Waals surface area contributed by atoms with Crippen LogP contribution in [0.4, 0.5) is 4.79 Å². The molecule has 0 bridgehead atoms. The van der Waals surface area contributed by atoms with E-state index in [0.29, 0.717) is 37.6 Å². The fraction of sp³-hybridized carbons (Fsp3) is 0.700. The van der Waals surface area contributed by atoms with Gasteiger partial charge in [-0.3, -0.25) is 4.99 Å². The Labute approximate surface area is 161 Å². The number of rotatable bonds is 5. The van der Waals surface area contributed by atoms with Gasteiger partial charge >= 0.3 is 6.03 Å². The molecule has 4 N–H and O–H groups in total. The van der Waals surface area contributed by atoms with Crippen molar-refractivity contribution in [1.82, 2.24) is 15.5 Å². The number of hydrogen-bond acceptors (Lipinski definition) is 3. The molecule has 1 saturated carbocycles. The summed E-state index contributed by atoms with van der Waals surface area (Å²) in [5.41, 5.74) is 5.39. The zero-order chi connectivity index (χ0) is 19.1. The second kappa shape index (κ2) is 9.67. The van der Waals surface area contributed by atoms with Crippen LogP contribution in [0.15, 0.2) is 27.8 Å². The molecule has 7 nitrogen and oxygen atoms in total. The van der Waals surface area contributed by atoms with Gasteiger partial charge < -0.3 is 25.7 Å². The first-order chi connectivity index (χ1) is 13.1.